The van der Waals surface area contributed by atoms with Gasteiger partial charge < -0.3 is 15.0 Å². The van der Waals surface area contributed by atoms with Gasteiger partial charge in [0.15, 0.2) is 5.82 Å². The predicted molar refractivity (Wildman–Crippen MR) is 76.3 cm³/mol. The Bertz CT molecular complexity index is 399. The van der Waals surface area contributed by atoms with E-state index in [0.717, 1.165) is 37.8 Å². The maximum atomic E-state index is 5.53. The van der Waals surface area contributed by atoms with Gasteiger partial charge in [0.1, 0.15) is 0 Å². The summed E-state index contributed by atoms with van der Waals surface area (Å²) in [6, 6.07) is 4.09. The summed E-state index contributed by atoms with van der Waals surface area (Å²) in [6.07, 6.45) is 0.262. The van der Waals surface area contributed by atoms with Gasteiger partial charge in [0.25, 0.3) is 0 Å². The molecule has 1 unspecified atom stereocenters. The lowest BCUT2D eigenvalue weighted by molar-refractivity contribution is 0.0529. The molecule has 1 N–H and O–H groups in total. The summed E-state index contributed by atoms with van der Waals surface area (Å²) < 4.78 is 5.53. The second-order valence-electron chi connectivity index (χ2n) is 6.11. The van der Waals surface area contributed by atoms with Gasteiger partial charge in [0.05, 0.1) is 18.4 Å². The first-order valence-electron chi connectivity index (χ1n) is 6.88. The topological polar surface area (TPSA) is 50.3 Å². The van der Waals surface area contributed by atoms with E-state index < -0.39 is 0 Å². The molecule has 5 heteroatoms. The minimum Gasteiger partial charge on any atom is -0.375 e. The Labute approximate surface area is 115 Å². The van der Waals surface area contributed by atoms with Crippen LogP contribution < -0.4 is 10.2 Å². The van der Waals surface area contributed by atoms with Crippen molar-refractivity contribution in [2.75, 3.05) is 24.6 Å². The van der Waals surface area contributed by atoms with Crippen molar-refractivity contribution in [3.63, 3.8) is 0 Å². The first-order chi connectivity index (χ1) is 8.94. The zero-order valence-corrected chi connectivity index (χ0v) is 12.3. The lowest BCUT2D eigenvalue weighted by Crippen LogP contribution is -2.41. The van der Waals surface area contributed by atoms with Crippen molar-refractivity contribution >= 4 is 5.82 Å². The number of ether oxygens (including phenoxy) is 1. The van der Waals surface area contributed by atoms with Crippen LogP contribution in [0, 0.1) is 0 Å². The van der Waals surface area contributed by atoms with Gasteiger partial charge in [0.2, 0.25) is 0 Å². The van der Waals surface area contributed by atoms with Crippen molar-refractivity contribution in [2.24, 2.45) is 0 Å². The van der Waals surface area contributed by atoms with Gasteiger partial charge in [-0.05, 0) is 39.8 Å². The van der Waals surface area contributed by atoms with E-state index in [1.54, 1.807) is 0 Å². The molecule has 1 fully saturated rings. The van der Waals surface area contributed by atoms with Gasteiger partial charge in [-0.2, -0.15) is 5.10 Å². The van der Waals surface area contributed by atoms with E-state index in [-0.39, 0.29) is 11.6 Å². The Kier molecular flexibility index (Phi) is 4.37. The van der Waals surface area contributed by atoms with E-state index in [9.17, 15) is 0 Å². The van der Waals surface area contributed by atoms with Crippen molar-refractivity contribution in [2.45, 2.75) is 45.9 Å². The van der Waals surface area contributed by atoms with Crippen LogP contribution in [0.3, 0.4) is 0 Å². The summed E-state index contributed by atoms with van der Waals surface area (Å²) >= 11 is 0. The van der Waals surface area contributed by atoms with Crippen LogP contribution in [-0.2, 0) is 11.3 Å². The molecular weight excluding hydrogens is 240 g/mol. The fourth-order valence-electron chi connectivity index (χ4n) is 2.00. The largest absolute Gasteiger partial charge is 0.375 e. The molecule has 1 aromatic heterocycles. The number of morpholine rings is 1. The van der Waals surface area contributed by atoms with Crippen LogP contribution >= 0.6 is 0 Å². The molecule has 0 amide bonds. The highest BCUT2D eigenvalue weighted by molar-refractivity contribution is 5.37. The Morgan fingerprint density at radius 3 is 2.74 bits per heavy atom. The monoisotopic (exact) mass is 264 g/mol. The molecule has 0 aliphatic carbocycles. The highest BCUT2D eigenvalue weighted by atomic mass is 16.5. The number of anilines is 1. The van der Waals surface area contributed by atoms with Crippen LogP contribution in [-0.4, -0.2) is 41.5 Å². The van der Waals surface area contributed by atoms with Gasteiger partial charge >= 0.3 is 0 Å². The molecule has 1 saturated heterocycles. The smallest absolute Gasteiger partial charge is 0.151 e. The predicted octanol–water partition coefficient (Wildman–Crippen LogP) is 1.59. The second kappa shape index (κ2) is 5.84. The summed E-state index contributed by atoms with van der Waals surface area (Å²) in [4.78, 5) is 2.22. The molecule has 5 nitrogen and oxygen atoms in total. The zero-order valence-electron chi connectivity index (χ0n) is 12.3. The van der Waals surface area contributed by atoms with Crippen LogP contribution in [0.15, 0.2) is 12.1 Å². The summed E-state index contributed by atoms with van der Waals surface area (Å²) in [5.41, 5.74) is 1.07. The molecule has 2 rings (SSSR count). The van der Waals surface area contributed by atoms with E-state index in [0.29, 0.717) is 0 Å². The van der Waals surface area contributed by atoms with Gasteiger partial charge in [-0.25, -0.2) is 0 Å². The van der Waals surface area contributed by atoms with Crippen LogP contribution in [0.5, 0.6) is 0 Å². The molecule has 1 atom stereocenters. The summed E-state index contributed by atoms with van der Waals surface area (Å²) in [5.74, 6) is 0.939. The summed E-state index contributed by atoms with van der Waals surface area (Å²) in [7, 11) is 0. The first kappa shape index (κ1) is 14.2. The SMILES string of the molecule is CC1CN(c2ccc(CNC(C)(C)C)nn2)CCO1. The Hall–Kier alpha value is -1.20. The van der Waals surface area contributed by atoms with E-state index in [2.05, 4.69) is 48.1 Å². The lowest BCUT2D eigenvalue weighted by Gasteiger charge is -2.31. The Balaban J connectivity index is 1.94. The van der Waals surface area contributed by atoms with Crippen LogP contribution in [0.2, 0.25) is 0 Å². The summed E-state index contributed by atoms with van der Waals surface area (Å²) in [6.45, 7) is 11.8. The standard InChI is InChI=1S/C14H24N4O/c1-11-10-18(7-8-19-11)13-6-5-12(16-17-13)9-15-14(2,3)4/h5-6,11,15H,7-10H2,1-4H3. The fraction of sp³-hybridized carbons (Fsp3) is 0.714. The van der Waals surface area contributed by atoms with Crippen LogP contribution in [0.25, 0.3) is 0 Å². The van der Waals surface area contributed by atoms with Crippen molar-refractivity contribution in [3.8, 4) is 0 Å². The number of hydrogen-bond acceptors (Lipinski definition) is 5. The number of rotatable bonds is 3. The summed E-state index contributed by atoms with van der Waals surface area (Å²) in [5, 5.41) is 12.0. The second-order valence-corrected chi connectivity index (χ2v) is 6.11. The third kappa shape index (κ3) is 4.44. The Morgan fingerprint density at radius 2 is 2.16 bits per heavy atom. The Morgan fingerprint density at radius 1 is 1.37 bits per heavy atom. The average Bonchev–Trinajstić information content (AvgIpc) is 2.36. The molecule has 0 saturated carbocycles. The number of nitrogens with zero attached hydrogens (tertiary/aromatic N) is 3. The van der Waals surface area contributed by atoms with Gasteiger partial charge in [-0.1, -0.05) is 0 Å². The molecule has 1 aliphatic heterocycles. The first-order valence-corrected chi connectivity index (χ1v) is 6.88. The molecule has 19 heavy (non-hydrogen) atoms. The molecule has 2 heterocycles. The number of hydrogen-bond donors (Lipinski definition) is 1. The third-order valence-electron chi connectivity index (χ3n) is 3.07. The van der Waals surface area contributed by atoms with Crippen molar-refractivity contribution in [1.82, 2.24) is 15.5 Å². The highest BCUT2D eigenvalue weighted by Gasteiger charge is 2.18. The fourth-order valence-corrected chi connectivity index (χ4v) is 2.00. The van der Waals surface area contributed by atoms with Crippen molar-refractivity contribution in [1.29, 1.82) is 0 Å². The molecule has 0 spiro atoms. The highest BCUT2D eigenvalue weighted by Crippen LogP contribution is 2.14. The van der Waals surface area contributed by atoms with E-state index >= 15 is 0 Å². The number of nitrogens with one attached hydrogen (secondary N) is 1. The molecule has 1 aromatic rings. The lowest BCUT2D eigenvalue weighted by atomic mass is 10.1. The van der Waals surface area contributed by atoms with Gasteiger partial charge in [-0.15, -0.1) is 5.10 Å². The van der Waals surface area contributed by atoms with E-state index in [1.807, 2.05) is 12.1 Å². The molecule has 0 bridgehead atoms. The van der Waals surface area contributed by atoms with Crippen molar-refractivity contribution < 1.29 is 4.74 Å². The van der Waals surface area contributed by atoms with E-state index in [4.69, 9.17) is 4.74 Å². The number of aromatic nitrogens is 2. The third-order valence-corrected chi connectivity index (χ3v) is 3.07. The molecule has 0 aromatic carbocycles. The minimum atomic E-state index is 0.0972. The quantitative estimate of drug-likeness (QED) is 0.898. The normalized spacial score (nSPS) is 20.6. The average molecular weight is 264 g/mol. The van der Waals surface area contributed by atoms with Gasteiger partial charge in [0, 0.05) is 25.2 Å². The van der Waals surface area contributed by atoms with E-state index in [1.165, 1.54) is 0 Å². The molecule has 106 valence electrons. The molecule has 0 radical (unpaired) electrons. The van der Waals surface area contributed by atoms with Crippen LogP contribution in [0.1, 0.15) is 33.4 Å². The molecular formula is C14H24N4O. The minimum absolute atomic E-state index is 0.0972. The maximum absolute atomic E-state index is 5.53. The van der Waals surface area contributed by atoms with Gasteiger partial charge in [-0.3, -0.25) is 0 Å². The molecule has 1 aliphatic rings. The zero-order chi connectivity index (χ0) is 13.9. The van der Waals surface area contributed by atoms with Crippen molar-refractivity contribution in [3.05, 3.63) is 17.8 Å². The maximum Gasteiger partial charge on any atom is 0.151 e. The van der Waals surface area contributed by atoms with Crippen LogP contribution in [0.4, 0.5) is 5.82 Å².